The van der Waals surface area contributed by atoms with Gasteiger partial charge in [-0.15, -0.1) is 0 Å². The minimum atomic E-state index is 0.195. The molecule has 1 unspecified atom stereocenters. The first-order valence-corrected chi connectivity index (χ1v) is 9.18. The van der Waals surface area contributed by atoms with Crippen LogP contribution in [0.1, 0.15) is 35.3 Å². The molecular formula is C22H24N4. The fourth-order valence-corrected chi connectivity index (χ4v) is 3.48. The van der Waals surface area contributed by atoms with Crippen LogP contribution < -0.4 is 10.2 Å². The van der Waals surface area contributed by atoms with Crippen LogP contribution in [0, 0.1) is 6.92 Å². The van der Waals surface area contributed by atoms with Gasteiger partial charge in [0.25, 0.3) is 0 Å². The van der Waals surface area contributed by atoms with Crippen molar-refractivity contribution in [3.8, 4) is 0 Å². The quantitative estimate of drug-likeness (QED) is 0.755. The third-order valence-corrected chi connectivity index (χ3v) is 4.92. The molecule has 0 spiro atoms. The maximum atomic E-state index is 4.80. The van der Waals surface area contributed by atoms with Crippen LogP contribution in [0.2, 0.25) is 0 Å². The average Bonchev–Trinajstić information content (AvgIpc) is 2.68. The number of aryl methyl sites for hydroxylation is 1. The summed E-state index contributed by atoms with van der Waals surface area (Å²) in [7, 11) is 0. The fraction of sp³-hybridized carbons (Fsp3) is 0.273. The summed E-state index contributed by atoms with van der Waals surface area (Å²) >= 11 is 0. The van der Waals surface area contributed by atoms with Gasteiger partial charge in [-0.25, -0.2) is 4.98 Å². The summed E-state index contributed by atoms with van der Waals surface area (Å²) in [5.74, 6) is 1.69. The number of nitrogens with one attached hydrogen (secondary N) is 1. The Labute approximate surface area is 154 Å². The van der Waals surface area contributed by atoms with Crippen molar-refractivity contribution in [3.05, 3.63) is 83.0 Å². The number of fused-ring (bicyclic) bond motifs is 1. The lowest BCUT2D eigenvalue weighted by Gasteiger charge is -2.29. The first kappa shape index (κ1) is 16.6. The minimum Gasteiger partial charge on any atom is -0.363 e. The predicted molar refractivity (Wildman–Crippen MR) is 106 cm³/mol. The van der Waals surface area contributed by atoms with E-state index in [1.165, 1.54) is 16.7 Å². The lowest BCUT2D eigenvalue weighted by atomic mass is 10.0. The summed E-state index contributed by atoms with van der Waals surface area (Å²) < 4.78 is 0. The van der Waals surface area contributed by atoms with Crippen molar-refractivity contribution in [2.24, 2.45) is 0 Å². The first-order valence-electron chi connectivity index (χ1n) is 9.18. The van der Waals surface area contributed by atoms with E-state index in [4.69, 9.17) is 4.98 Å². The Morgan fingerprint density at radius 3 is 2.50 bits per heavy atom. The van der Waals surface area contributed by atoms with E-state index in [9.17, 15) is 0 Å². The van der Waals surface area contributed by atoms with Gasteiger partial charge in [0, 0.05) is 30.9 Å². The van der Waals surface area contributed by atoms with Gasteiger partial charge in [0.15, 0.2) is 0 Å². The van der Waals surface area contributed by atoms with E-state index < -0.39 is 0 Å². The Kier molecular flexibility index (Phi) is 4.57. The Morgan fingerprint density at radius 1 is 0.962 bits per heavy atom. The number of anilines is 2. The third-order valence-electron chi connectivity index (χ3n) is 4.92. The molecule has 0 aliphatic carbocycles. The summed E-state index contributed by atoms with van der Waals surface area (Å²) in [4.78, 5) is 11.8. The summed E-state index contributed by atoms with van der Waals surface area (Å²) in [5, 5.41) is 3.52. The zero-order valence-corrected chi connectivity index (χ0v) is 15.3. The SMILES string of the molecule is Cc1cc(NC(C)c2ccccc2)nc(N2CCc3ccccc3C2)n1. The highest BCUT2D eigenvalue weighted by atomic mass is 15.3. The van der Waals surface area contributed by atoms with E-state index >= 15 is 0 Å². The molecule has 1 aromatic heterocycles. The molecule has 3 aromatic rings. The zero-order valence-electron chi connectivity index (χ0n) is 15.3. The van der Waals surface area contributed by atoms with Crippen molar-refractivity contribution in [2.75, 3.05) is 16.8 Å². The van der Waals surface area contributed by atoms with Gasteiger partial charge in [-0.2, -0.15) is 4.98 Å². The molecule has 2 heterocycles. The van der Waals surface area contributed by atoms with Gasteiger partial charge in [0.05, 0.1) is 0 Å². The number of aromatic nitrogens is 2. The van der Waals surface area contributed by atoms with Crippen LogP contribution in [-0.2, 0) is 13.0 Å². The normalized spacial score (nSPS) is 14.6. The van der Waals surface area contributed by atoms with E-state index in [-0.39, 0.29) is 6.04 Å². The number of hydrogen-bond acceptors (Lipinski definition) is 4. The molecule has 4 rings (SSSR count). The monoisotopic (exact) mass is 344 g/mol. The van der Waals surface area contributed by atoms with E-state index in [1.807, 2.05) is 19.1 Å². The molecule has 4 nitrogen and oxygen atoms in total. The predicted octanol–water partition coefficient (Wildman–Crippen LogP) is 4.52. The highest BCUT2D eigenvalue weighted by Gasteiger charge is 2.19. The maximum absolute atomic E-state index is 4.80. The van der Waals surface area contributed by atoms with Gasteiger partial charge in [-0.3, -0.25) is 0 Å². The maximum Gasteiger partial charge on any atom is 0.227 e. The molecule has 0 saturated heterocycles. The van der Waals surface area contributed by atoms with Gasteiger partial charge in [0.2, 0.25) is 5.95 Å². The van der Waals surface area contributed by atoms with Gasteiger partial charge >= 0.3 is 0 Å². The van der Waals surface area contributed by atoms with Crippen molar-refractivity contribution in [1.82, 2.24) is 9.97 Å². The van der Waals surface area contributed by atoms with Crippen LogP contribution in [-0.4, -0.2) is 16.5 Å². The van der Waals surface area contributed by atoms with Gasteiger partial charge in [0.1, 0.15) is 5.82 Å². The Bertz CT molecular complexity index is 892. The fourth-order valence-electron chi connectivity index (χ4n) is 3.48. The summed E-state index contributed by atoms with van der Waals surface area (Å²) in [5.41, 5.74) is 5.04. The second kappa shape index (κ2) is 7.16. The van der Waals surface area contributed by atoms with Gasteiger partial charge in [-0.1, -0.05) is 54.6 Å². The molecule has 1 aliphatic heterocycles. The largest absolute Gasteiger partial charge is 0.363 e. The zero-order chi connectivity index (χ0) is 17.9. The standard InChI is InChI=1S/C22H24N4/c1-16-14-21(24-17(2)18-8-4-3-5-9-18)25-22(23-16)26-13-12-19-10-6-7-11-20(19)15-26/h3-11,14,17H,12-13,15H2,1-2H3,(H,23,24,25). The second-order valence-electron chi connectivity index (χ2n) is 6.91. The van der Waals surface area contributed by atoms with Gasteiger partial charge in [-0.05, 0) is 37.0 Å². The van der Waals surface area contributed by atoms with Crippen molar-refractivity contribution in [2.45, 2.75) is 32.9 Å². The molecule has 0 saturated carbocycles. The Morgan fingerprint density at radius 2 is 1.69 bits per heavy atom. The molecule has 0 bridgehead atoms. The summed E-state index contributed by atoms with van der Waals surface area (Å²) in [6, 6.07) is 21.3. The third kappa shape index (κ3) is 3.54. The Balaban J connectivity index is 1.55. The second-order valence-corrected chi connectivity index (χ2v) is 6.91. The molecule has 132 valence electrons. The van der Waals surface area contributed by atoms with Crippen molar-refractivity contribution < 1.29 is 0 Å². The van der Waals surface area contributed by atoms with Crippen LogP contribution in [0.5, 0.6) is 0 Å². The van der Waals surface area contributed by atoms with Crippen molar-refractivity contribution >= 4 is 11.8 Å². The van der Waals surface area contributed by atoms with Crippen LogP contribution in [0.4, 0.5) is 11.8 Å². The van der Waals surface area contributed by atoms with E-state index in [0.717, 1.165) is 37.0 Å². The molecule has 2 aromatic carbocycles. The van der Waals surface area contributed by atoms with Crippen LogP contribution in [0.15, 0.2) is 60.7 Å². The molecule has 26 heavy (non-hydrogen) atoms. The molecule has 0 fully saturated rings. The van der Waals surface area contributed by atoms with Crippen LogP contribution >= 0.6 is 0 Å². The number of benzene rings is 2. The molecule has 0 radical (unpaired) electrons. The van der Waals surface area contributed by atoms with Crippen LogP contribution in [0.3, 0.4) is 0 Å². The van der Waals surface area contributed by atoms with E-state index in [0.29, 0.717) is 0 Å². The molecular weight excluding hydrogens is 320 g/mol. The molecule has 0 amide bonds. The van der Waals surface area contributed by atoms with Gasteiger partial charge < -0.3 is 10.2 Å². The van der Waals surface area contributed by atoms with E-state index in [1.54, 1.807) is 0 Å². The molecule has 1 atom stereocenters. The number of hydrogen-bond donors (Lipinski definition) is 1. The number of nitrogens with zero attached hydrogens (tertiary/aromatic N) is 3. The summed E-state index contributed by atoms with van der Waals surface area (Å²) in [6.07, 6.45) is 1.04. The number of rotatable bonds is 4. The topological polar surface area (TPSA) is 41.1 Å². The summed E-state index contributed by atoms with van der Waals surface area (Å²) in [6.45, 7) is 6.01. The highest BCUT2D eigenvalue weighted by molar-refractivity contribution is 5.47. The van der Waals surface area contributed by atoms with Crippen LogP contribution in [0.25, 0.3) is 0 Å². The lowest BCUT2D eigenvalue weighted by Crippen LogP contribution is -2.32. The first-order chi connectivity index (χ1) is 12.7. The minimum absolute atomic E-state index is 0.195. The molecule has 4 heteroatoms. The molecule has 1 aliphatic rings. The molecule has 1 N–H and O–H groups in total. The Hall–Kier alpha value is -2.88. The average molecular weight is 344 g/mol. The lowest BCUT2D eigenvalue weighted by molar-refractivity contribution is 0.705. The smallest absolute Gasteiger partial charge is 0.227 e. The van der Waals surface area contributed by atoms with Crippen molar-refractivity contribution in [3.63, 3.8) is 0 Å². The highest BCUT2D eigenvalue weighted by Crippen LogP contribution is 2.24. The van der Waals surface area contributed by atoms with E-state index in [2.05, 4.69) is 70.7 Å². The van der Waals surface area contributed by atoms with Crippen molar-refractivity contribution in [1.29, 1.82) is 0 Å².